The van der Waals surface area contributed by atoms with Gasteiger partial charge in [0, 0.05) is 29.8 Å². The van der Waals surface area contributed by atoms with Crippen LogP contribution in [-0.2, 0) is 19.2 Å². The molecule has 7 heteroatoms. The van der Waals surface area contributed by atoms with Gasteiger partial charge >= 0.3 is 0 Å². The number of hydrogen-bond donors (Lipinski definition) is 0. The molecular weight excluding hydrogens is 374 g/mol. The van der Waals surface area contributed by atoms with Crippen LogP contribution in [0.2, 0.25) is 0 Å². The fourth-order valence-electron chi connectivity index (χ4n) is 2.73. The van der Waals surface area contributed by atoms with E-state index in [1.807, 2.05) is 36.4 Å². The summed E-state index contributed by atoms with van der Waals surface area (Å²) in [6.07, 6.45) is 3.45. The highest BCUT2D eigenvalue weighted by atomic mass is 32.1. The minimum Gasteiger partial charge on any atom is -0.758 e. The van der Waals surface area contributed by atoms with Crippen molar-refractivity contribution in [3.63, 3.8) is 0 Å². The Kier molecular flexibility index (Phi) is 6.18. The van der Waals surface area contributed by atoms with Crippen LogP contribution in [-0.4, -0.2) is 15.8 Å². The van der Waals surface area contributed by atoms with Gasteiger partial charge in [0.1, 0.15) is 0 Å². The smallest absolute Gasteiger partial charge is 0.270 e. The van der Waals surface area contributed by atoms with Crippen molar-refractivity contribution in [1.82, 2.24) is 0 Å². The zero-order chi connectivity index (χ0) is 19.9. The SMILES string of the molecule is O=C(c1cccc([N+](=O)[O-])c1)C(C([S-])=NCc1ccccc1)[n+]1ccccc1. The Hall–Kier alpha value is -3.45. The lowest BCUT2D eigenvalue weighted by molar-refractivity contribution is -0.691. The number of carbonyl (C=O) groups excluding carboxylic acids is 1. The first-order valence-electron chi connectivity index (χ1n) is 8.56. The highest BCUT2D eigenvalue weighted by Gasteiger charge is 2.29. The first-order chi connectivity index (χ1) is 13.6. The van der Waals surface area contributed by atoms with E-state index in [1.165, 1.54) is 18.2 Å². The summed E-state index contributed by atoms with van der Waals surface area (Å²) in [6.45, 7) is 0.353. The fourth-order valence-corrected chi connectivity index (χ4v) is 3.02. The first kappa shape index (κ1) is 19.3. The Morgan fingerprint density at radius 2 is 1.71 bits per heavy atom. The maximum Gasteiger partial charge on any atom is 0.270 e. The maximum atomic E-state index is 13.2. The van der Waals surface area contributed by atoms with Crippen molar-refractivity contribution >= 4 is 29.1 Å². The third-order valence-electron chi connectivity index (χ3n) is 4.12. The molecule has 1 atom stereocenters. The molecule has 0 N–H and O–H groups in total. The Balaban J connectivity index is 1.96. The quantitative estimate of drug-likeness (QED) is 0.118. The van der Waals surface area contributed by atoms with Crippen molar-refractivity contribution in [1.29, 1.82) is 0 Å². The van der Waals surface area contributed by atoms with E-state index in [9.17, 15) is 14.9 Å². The molecule has 3 rings (SSSR count). The number of aliphatic imine (C=N–C) groups is 1. The molecule has 0 aliphatic carbocycles. The van der Waals surface area contributed by atoms with Crippen molar-refractivity contribution in [3.8, 4) is 0 Å². The molecule has 1 aromatic heterocycles. The molecule has 0 aliphatic rings. The van der Waals surface area contributed by atoms with E-state index < -0.39 is 11.0 Å². The Morgan fingerprint density at radius 3 is 2.39 bits per heavy atom. The van der Waals surface area contributed by atoms with E-state index in [4.69, 9.17) is 12.6 Å². The lowest BCUT2D eigenvalue weighted by Gasteiger charge is -2.18. The van der Waals surface area contributed by atoms with Crippen LogP contribution in [0.15, 0.2) is 90.2 Å². The molecule has 3 aromatic rings. The Labute approximate surface area is 167 Å². The number of ketones is 1. The topological polar surface area (TPSA) is 76.4 Å². The molecule has 0 saturated carbocycles. The molecule has 0 saturated heterocycles. The standard InChI is InChI=1S/C21H17N3O3S/c25-20(17-10-7-11-18(14-17)24(26)27)19(23-12-5-2-6-13-23)21(28)22-15-16-8-3-1-4-9-16/h1-14,19H,15H2. The minimum atomic E-state index is -0.859. The molecule has 140 valence electrons. The van der Waals surface area contributed by atoms with E-state index >= 15 is 0 Å². The van der Waals surface area contributed by atoms with Gasteiger partial charge in [-0.15, -0.1) is 0 Å². The summed E-state index contributed by atoms with van der Waals surface area (Å²) < 4.78 is 1.66. The lowest BCUT2D eigenvalue weighted by Crippen LogP contribution is -2.47. The van der Waals surface area contributed by atoms with Gasteiger partial charge in [-0.25, -0.2) is 0 Å². The third-order valence-corrected chi connectivity index (χ3v) is 4.47. The van der Waals surface area contributed by atoms with Gasteiger partial charge in [0.15, 0.2) is 12.4 Å². The van der Waals surface area contributed by atoms with Gasteiger partial charge in [-0.3, -0.25) is 14.9 Å². The zero-order valence-electron chi connectivity index (χ0n) is 14.8. The van der Waals surface area contributed by atoms with Crippen LogP contribution in [0.25, 0.3) is 0 Å². The number of benzene rings is 2. The second-order valence-corrected chi connectivity index (χ2v) is 6.46. The number of pyridine rings is 1. The van der Waals surface area contributed by atoms with Crippen LogP contribution < -0.4 is 4.57 Å². The molecular formula is C21H17N3O3S. The molecule has 0 radical (unpaired) electrons. The van der Waals surface area contributed by atoms with Gasteiger partial charge in [0.05, 0.1) is 11.5 Å². The summed E-state index contributed by atoms with van der Waals surface area (Å²) in [4.78, 5) is 28.1. The summed E-state index contributed by atoms with van der Waals surface area (Å²) in [7, 11) is 0. The monoisotopic (exact) mass is 391 g/mol. The molecule has 0 amide bonds. The van der Waals surface area contributed by atoms with Crippen molar-refractivity contribution < 1.29 is 14.3 Å². The molecule has 0 bridgehead atoms. The fraction of sp³-hybridized carbons (Fsp3) is 0.0952. The van der Waals surface area contributed by atoms with Crippen LogP contribution >= 0.6 is 0 Å². The summed E-state index contributed by atoms with van der Waals surface area (Å²) in [5.74, 6) is -0.346. The molecule has 1 heterocycles. The van der Waals surface area contributed by atoms with E-state index in [0.717, 1.165) is 5.56 Å². The molecule has 0 spiro atoms. The second kappa shape index (κ2) is 8.96. The third kappa shape index (κ3) is 4.63. The number of Topliss-reactive ketones (excluding diaryl/α,β-unsaturated/α-hetero) is 1. The van der Waals surface area contributed by atoms with Gasteiger partial charge in [0.2, 0.25) is 11.8 Å². The van der Waals surface area contributed by atoms with Gasteiger partial charge in [-0.05, 0) is 10.6 Å². The van der Waals surface area contributed by atoms with Crippen LogP contribution in [0, 0.1) is 10.1 Å². The van der Waals surface area contributed by atoms with E-state index in [-0.39, 0.29) is 22.1 Å². The van der Waals surface area contributed by atoms with Crippen molar-refractivity contribution in [2.75, 3.05) is 0 Å². The lowest BCUT2D eigenvalue weighted by atomic mass is 10.0. The van der Waals surface area contributed by atoms with Gasteiger partial charge in [-0.2, -0.15) is 4.57 Å². The van der Waals surface area contributed by atoms with Crippen molar-refractivity contribution in [2.45, 2.75) is 12.6 Å². The van der Waals surface area contributed by atoms with Crippen LogP contribution in [0.1, 0.15) is 22.0 Å². The molecule has 2 aromatic carbocycles. The zero-order valence-corrected chi connectivity index (χ0v) is 15.7. The molecule has 0 aliphatic heterocycles. The summed E-state index contributed by atoms with van der Waals surface area (Å²) >= 11 is 5.48. The van der Waals surface area contributed by atoms with Gasteiger partial charge in [0.25, 0.3) is 5.69 Å². The normalized spacial score (nSPS) is 12.4. The Morgan fingerprint density at radius 1 is 1.04 bits per heavy atom. The summed E-state index contributed by atoms with van der Waals surface area (Å²) in [6, 6.07) is 19.8. The number of carbonyl (C=O) groups is 1. The number of nitro benzene ring substituents is 1. The Bertz CT molecular complexity index is 1010. The number of non-ortho nitro benzene ring substituents is 1. The summed E-state index contributed by atoms with van der Waals surface area (Å²) in [5, 5.41) is 11.3. The average molecular weight is 391 g/mol. The van der Waals surface area contributed by atoms with E-state index in [1.54, 1.807) is 35.2 Å². The van der Waals surface area contributed by atoms with E-state index in [0.29, 0.717) is 6.54 Å². The maximum absolute atomic E-state index is 13.2. The number of aromatic nitrogens is 1. The number of hydrogen-bond acceptors (Lipinski definition) is 5. The number of rotatable bonds is 7. The first-order valence-corrected chi connectivity index (χ1v) is 8.97. The van der Waals surface area contributed by atoms with Gasteiger partial charge < -0.3 is 17.6 Å². The average Bonchev–Trinajstić information content (AvgIpc) is 2.74. The largest absolute Gasteiger partial charge is 0.758 e. The van der Waals surface area contributed by atoms with E-state index in [2.05, 4.69) is 4.99 Å². The number of nitrogens with zero attached hydrogens (tertiary/aromatic N) is 3. The van der Waals surface area contributed by atoms with Crippen LogP contribution in [0.5, 0.6) is 0 Å². The second-order valence-electron chi connectivity index (χ2n) is 6.04. The molecule has 1 unspecified atom stereocenters. The summed E-state index contributed by atoms with van der Waals surface area (Å²) in [5.41, 5.74) is 1.05. The highest BCUT2D eigenvalue weighted by Crippen LogP contribution is 2.18. The minimum absolute atomic E-state index is 0.144. The number of nitro groups is 1. The molecule has 0 fully saturated rings. The highest BCUT2D eigenvalue weighted by molar-refractivity contribution is 7.77. The molecule has 28 heavy (non-hydrogen) atoms. The predicted octanol–water partition coefficient (Wildman–Crippen LogP) is 3.45. The van der Waals surface area contributed by atoms with Gasteiger partial charge in [-0.1, -0.05) is 48.5 Å². The predicted molar refractivity (Wildman–Crippen MR) is 108 cm³/mol. The van der Waals surface area contributed by atoms with Crippen LogP contribution in [0.4, 0.5) is 5.69 Å². The van der Waals surface area contributed by atoms with Crippen LogP contribution in [0.3, 0.4) is 0 Å². The van der Waals surface area contributed by atoms with Crippen molar-refractivity contribution in [2.24, 2.45) is 4.99 Å². The van der Waals surface area contributed by atoms with Crippen molar-refractivity contribution in [3.05, 3.63) is 106 Å². The molecule has 6 nitrogen and oxygen atoms in total.